The lowest BCUT2D eigenvalue weighted by molar-refractivity contribution is -0.140. The molecule has 0 heterocycles. The largest absolute Gasteiger partial charge is 0.464 e. The van der Waals surface area contributed by atoms with Gasteiger partial charge in [0.2, 0.25) is 0 Å². The highest BCUT2D eigenvalue weighted by Gasteiger charge is 2.07. The predicted molar refractivity (Wildman–Crippen MR) is 87.5 cm³/mol. The van der Waals surface area contributed by atoms with Crippen molar-refractivity contribution in [1.82, 2.24) is 0 Å². The Hall–Kier alpha value is -2.49. The number of rotatable bonds is 7. The molecule has 0 aliphatic heterocycles. The average Bonchev–Trinajstić information content (AvgIpc) is 2.52. The zero-order valence-corrected chi connectivity index (χ0v) is 13.0. The molecule has 0 unspecified atom stereocenters. The van der Waals surface area contributed by atoms with Crippen LogP contribution >= 0.6 is 0 Å². The number of esters is 1. The molecule has 0 aliphatic rings. The van der Waals surface area contributed by atoms with Crippen molar-refractivity contribution >= 4 is 11.7 Å². The molecule has 2 aromatic carbocycles. The summed E-state index contributed by atoms with van der Waals surface area (Å²) in [4.78, 5) is 13.0. The summed E-state index contributed by atoms with van der Waals surface area (Å²) in [5, 5.41) is 0. The van der Waals surface area contributed by atoms with Crippen LogP contribution in [0.3, 0.4) is 0 Å². The SMILES string of the molecule is CCN(CCOC(C)=O)c1cccc(Oc2ccccc2)c1. The van der Waals surface area contributed by atoms with Crippen LogP contribution < -0.4 is 9.64 Å². The Bertz CT molecular complexity index is 598. The summed E-state index contributed by atoms with van der Waals surface area (Å²) in [5.41, 5.74) is 1.04. The predicted octanol–water partition coefficient (Wildman–Crippen LogP) is 3.87. The monoisotopic (exact) mass is 299 g/mol. The van der Waals surface area contributed by atoms with Crippen molar-refractivity contribution in [2.24, 2.45) is 0 Å². The first kappa shape index (κ1) is 15.9. The lowest BCUT2D eigenvalue weighted by Crippen LogP contribution is -2.27. The molecule has 0 amide bonds. The van der Waals surface area contributed by atoms with Gasteiger partial charge in [-0.25, -0.2) is 0 Å². The van der Waals surface area contributed by atoms with Crippen LogP contribution in [0.15, 0.2) is 54.6 Å². The van der Waals surface area contributed by atoms with E-state index in [0.29, 0.717) is 13.2 Å². The number of para-hydroxylation sites is 1. The highest BCUT2D eigenvalue weighted by atomic mass is 16.5. The normalized spacial score (nSPS) is 10.1. The van der Waals surface area contributed by atoms with Gasteiger partial charge in [0.25, 0.3) is 0 Å². The third-order valence-corrected chi connectivity index (χ3v) is 3.21. The second kappa shape index (κ2) is 8.08. The van der Waals surface area contributed by atoms with Gasteiger partial charge in [-0.3, -0.25) is 4.79 Å². The Labute approximate surface area is 131 Å². The first-order chi connectivity index (χ1) is 10.7. The fraction of sp³-hybridized carbons (Fsp3) is 0.278. The maximum absolute atomic E-state index is 10.8. The van der Waals surface area contributed by atoms with E-state index in [1.165, 1.54) is 6.92 Å². The Morgan fingerprint density at radius 1 is 1.05 bits per heavy atom. The fourth-order valence-corrected chi connectivity index (χ4v) is 2.14. The van der Waals surface area contributed by atoms with Crippen molar-refractivity contribution in [3.63, 3.8) is 0 Å². The van der Waals surface area contributed by atoms with Gasteiger partial charge in [0.05, 0.1) is 6.54 Å². The van der Waals surface area contributed by atoms with Crippen LogP contribution in [0.5, 0.6) is 11.5 Å². The van der Waals surface area contributed by atoms with Gasteiger partial charge in [-0.05, 0) is 31.2 Å². The molecule has 0 aliphatic carbocycles. The van der Waals surface area contributed by atoms with Crippen molar-refractivity contribution in [3.8, 4) is 11.5 Å². The van der Waals surface area contributed by atoms with E-state index in [2.05, 4.69) is 11.8 Å². The molecule has 0 bridgehead atoms. The highest BCUT2D eigenvalue weighted by Crippen LogP contribution is 2.25. The molecular formula is C18H21NO3. The van der Waals surface area contributed by atoms with Gasteiger partial charge >= 0.3 is 5.97 Å². The van der Waals surface area contributed by atoms with E-state index < -0.39 is 0 Å². The van der Waals surface area contributed by atoms with E-state index in [0.717, 1.165) is 23.7 Å². The summed E-state index contributed by atoms with van der Waals surface area (Å²) in [6.45, 7) is 5.36. The van der Waals surface area contributed by atoms with Gasteiger partial charge in [-0.15, -0.1) is 0 Å². The van der Waals surface area contributed by atoms with Crippen molar-refractivity contribution in [1.29, 1.82) is 0 Å². The van der Waals surface area contributed by atoms with E-state index in [9.17, 15) is 4.79 Å². The van der Waals surface area contributed by atoms with Crippen LogP contribution in [-0.4, -0.2) is 25.7 Å². The van der Waals surface area contributed by atoms with E-state index in [1.807, 2.05) is 54.6 Å². The van der Waals surface area contributed by atoms with Crippen molar-refractivity contribution in [2.45, 2.75) is 13.8 Å². The molecule has 116 valence electrons. The summed E-state index contributed by atoms with van der Waals surface area (Å²) in [6.07, 6.45) is 0. The average molecular weight is 299 g/mol. The minimum absolute atomic E-state index is 0.253. The number of hydrogen-bond acceptors (Lipinski definition) is 4. The molecule has 0 spiro atoms. The van der Waals surface area contributed by atoms with Crippen LogP contribution in [0.25, 0.3) is 0 Å². The fourth-order valence-electron chi connectivity index (χ4n) is 2.14. The lowest BCUT2D eigenvalue weighted by atomic mass is 10.2. The molecule has 0 fully saturated rings. The smallest absolute Gasteiger partial charge is 0.302 e. The van der Waals surface area contributed by atoms with E-state index >= 15 is 0 Å². The summed E-state index contributed by atoms with van der Waals surface area (Å²) in [7, 11) is 0. The molecule has 2 rings (SSSR count). The minimum atomic E-state index is -0.253. The topological polar surface area (TPSA) is 38.8 Å². The molecule has 4 nitrogen and oxygen atoms in total. The number of benzene rings is 2. The lowest BCUT2D eigenvalue weighted by Gasteiger charge is -2.23. The first-order valence-electron chi connectivity index (χ1n) is 7.40. The number of anilines is 1. The quantitative estimate of drug-likeness (QED) is 0.728. The maximum Gasteiger partial charge on any atom is 0.302 e. The maximum atomic E-state index is 10.8. The van der Waals surface area contributed by atoms with E-state index in [1.54, 1.807) is 0 Å². The summed E-state index contributed by atoms with van der Waals surface area (Å²) in [5.74, 6) is 1.34. The third kappa shape index (κ3) is 4.81. The molecule has 4 heteroatoms. The minimum Gasteiger partial charge on any atom is -0.464 e. The zero-order valence-electron chi connectivity index (χ0n) is 13.0. The van der Waals surface area contributed by atoms with Crippen molar-refractivity contribution in [2.75, 3.05) is 24.6 Å². The van der Waals surface area contributed by atoms with E-state index in [-0.39, 0.29) is 5.97 Å². The number of hydrogen-bond donors (Lipinski definition) is 0. The molecule has 0 saturated carbocycles. The van der Waals surface area contributed by atoms with Gasteiger partial charge in [-0.1, -0.05) is 24.3 Å². The number of carbonyl (C=O) groups excluding carboxylic acids is 1. The Morgan fingerprint density at radius 3 is 2.45 bits per heavy atom. The van der Waals surface area contributed by atoms with Crippen molar-refractivity contribution < 1.29 is 14.3 Å². The number of nitrogens with zero attached hydrogens (tertiary/aromatic N) is 1. The number of ether oxygens (including phenoxy) is 2. The summed E-state index contributed by atoms with van der Waals surface area (Å²) < 4.78 is 10.9. The van der Waals surface area contributed by atoms with E-state index in [4.69, 9.17) is 9.47 Å². The second-order valence-corrected chi connectivity index (χ2v) is 4.83. The second-order valence-electron chi connectivity index (χ2n) is 4.83. The van der Waals surface area contributed by atoms with Crippen LogP contribution in [0.2, 0.25) is 0 Å². The first-order valence-corrected chi connectivity index (χ1v) is 7.40. The van der Waals surface area contributed by atoms with Crippen molar-refractivity contribution in [3.05, 3.63) is 54.6 Å². The Morgan fingerprint density at radius 2 is 1.77 bits per heavy atom. The van der Waals surface area contributed by atoms with Crippen LogP contribution in [0.1, 0.15) is 13.8 Å². The van der Waals surface area contributed by atoms with Gasteiger partial charge in [0, 0.05) is 25.2 Å². The van der Waals surface area contributed by atoms with Crippen LogP contribution in [0.4, 0.5) is 5.69 Å². The Kier molecular flexibility index (Phi) is 5.83. The van der Waals surface area contributed by atoms with Gasteiger partial charge in [0.15, 0.2) is 0 Å². The van der Waals surface area contributed by atoms with Gasteiger partial charge in [0.1, 0.15) is 18.1 Å². The summed E-state index contributed by atoms with van der Waals surface area (Å²) in [6, 6.07) is 17.6. The van der Waals surface area contributed by atoms with Gasteiger partial charge < -0.3 is 14.4 Å². The molecule has 22 heavy (non-hydrogen) atoms. The summed E-state index contributed by atoms with van der Waals surface area (Å²) >= 11 is 0. The molecule has 2 aromatic rings. The third-order valence-electron chi connectivity index (χ3n) is 3.21. The molecule has 0 N–H and O–H groups in total. The number of likely N-dealkylation sites (N-methyl/N-ethyl adjacent to an activating group) is 1. The van der Waals surface area contributed by atoms with Crippen LogP contribution in [-0.2, 0) is 9.53 Å². The zero-order chi connectivity index (χ0) is 15.8. The molecule has 0 aromatic heterocycles. The van der Waals surface area contributed by atoms with Gasteiger partial charge in [-0.2, -0.15) is 0 Å². The molecule has 0 atom stereocenters. The Balaban J connectivity index is 2.04. The van der Waals surface area contributed by atoms with Crippen LogP contribution in [0, 0.1) is 0 Å². The standard InChI is InChI=1S/C18H21NO3/c1-3-19(12-13-21-15(2)20)16-8-7-11-18(14-16)22-17-9-5-4-6-10-17/h4-11,14H,3,12-13H2,1-2H3. The highest BCUT2D eigenvalue weighted by molar-refractivity contribution is 5.65. The molecule has 0 saturated heterocycles. The molecule has 0 radical (unpaired) electrons. The molecular weight excluding hydrogens is 278 g/mol. The number of carbonyl (C=O) groups is 1.